The molecule has 0 aliphatic rings. The molecule has 2 rings (SSSR count). The number of rotatable bonds is 10. The van der Waals surface area contributed by atoms with E-state index in [1.165, 1.54) is 12.1 Å². The first-order valence-electron chi connectivity index (χ1n) is 10.9. The molecule has 0 aliphatic heterocycles. The Kier molecular flexibility index (Phi) is 8.56. The maximum absolute atomic E-state index is 14.8. The molecular formula is C24H35FN2O4Si. The van der Waals surface area contributed by atoms with Crippen molar-refractivity contribution in [2.45, 2.75) is 64.4 Å². The van der Waals surface area contributed by atoms with Crippen LogP contribution in [0, 0.1) is 15.9 Å². The number of halogens is 1. The molecule has 2 aromatic carbocycles. The van der Waals surface area contributed by atoms with E-state index in [9.17, 15) is 19.6 Å². The largest absolute Gasteiger partial charge is 0.410 e. The van der Waals surface area contributed by atoms with Gasteiger partial charge >= 0.3 is 0 Å². The zero-order chi connectivity index (χ0) is 24.1. The lowest BCUT2D eigenvalue weighted by atomic mass is 10.0. The fourth-order valence-electron chi connectivity index (χ4n) is 3.37. The minimum absolute atomic E-state index is 0.0682. The molecule has 0 aromatic heterocycles. The molecule has 0 saturated carbocycles. The summed E-state index contributed by atoms with van der Waals surface area (Å²) in [5.74, 6) is -0.548. The van der Waals surface area contributed by atoms with Crippen LogP contribution in [0.5, 0.6) is 0 Å². The number of nitro benzene ring substituents is 1. The van der Waals surface area contributed by atoms with E-state index in [1.54, 1.807) is 11.9 Å². The van der Waals surface area contributed by atoms with E-state index < -0.39 is 25.2 Å². The van der Waals surface area contributed by atoms with Crippen LogP contribution in [0.4, 0.5) is 15.8 Å². The summed E-state index contributed by atoms with van der Waals surface area (Å²) in [5, 5.41) is 21.5. The maximum Gasteiger partial charge on any atom is 0.298 e. The molecule has 0 spiro atoms. The quantitative estimate of drug-likeness (QED) is 0.258. The van der Waals surface area contributed by atoms with Crippen LogP contribution in [0.15, 0.2) is 42.5 Å². The SMILES string of the molecule is CN(Cc1ccccc1)c1cc(F)cc(C(CCCO)O[Si](C)(C)C(C)(C)C)c1[N+](=O)[O-]. The first-order chi connectivity index (χ1) is 14.9. The molecule has 0 radical (unpaired) electrons. The molecule has 0 fully saturated rings. The second kappa shape index (κ2) is 10.5. The molecule has 0 bridgehead atoms. The summed E-state index contributed by atoms with van der Waals surface area (Å²) in [4.78, 5) is 13.5. The average molecular weight is 463 g/mol. The van der Waals surface area contributed by atoms with Crippen LogP contribution in [-0.2, 0) is 11.0 Å². The highest BCUT2D eigenvalue weighted by molar-refractivity contribution is 6.74. The number of hydrogen-bond donors (Lipinski definition) is 1. The van der Waals surface area contributed by atoms with Gasteiger partial charge in [0.25, 0.3) is 5.69 Å². The number of hydrogen-bond acceptors (Lipinski definition) is 5. The summed E-state index contributed by atoms with van der Waals surface area (Å²) in [6, 6.07) is 12.0. The van der Waals surface area contributed by atoms with Crippen LogP contribution in [-0.4, -0.2) is 32.0 Å². The topological polar surface area (TPSA) is 75.8 Å². The van der Waals surface area contributed by atoms with E-state index in [4.69, 9.17) is 4.43 Å². The van der Waals surface area contributed by atoms with Gasteiger partial charge in [0.15, 0.2) is 8.32 Å². The molecule has 0 heterocycles. The molecule has 8 heteroatoms. The summed E-state index contributed by atoms with van der Waals surface area (Å²) in [6.07, 6.45) is 0.0973. The number of aliphatic hydroxyl groups excluding tert-OH is 1. The Morgan fingerprint density at radius 3 is 2.38 bits per heavy atom. The van der Waals surface area contributed by atoms with Crippen molar-refractivity contribution in [2.75, 3.05) is 18.6 Å². The summed E-state index contributed by atoms with van der Waals surface area (Å²) < 4.78 is 21.3. The lowest BCUT2D eigenvalue weighted by molar-refractivity contribution is -0.385. The van der Waals surface area contributed by atoms with E-state index >= 15 is 0 Å². The molecule has 0 saturated heterocycles. The fourth-order valence-corrected chi connectivity index (χ4v) is 4.68. The summed E-state index contributed by atoms with van der Waals surface area (Å²) in [6.45, 7) is 10.7. The normalized spacial score (nSPS) is 13.1. The molecular weight excluding hydrogens is 427 g/mol. The van der Waals surface area contributed by atoms with E-state index in [-0.39, 0.29) is 28.6 Å². The third-order valence-electron chi connectivity index (χ3n) is 6.15. The average Bonchev–Trinajstić information content (AvgIpc) is 2.70. The van der Waals surface area contributed by atoms with Crippen molar-refractivity contribution in [3.05, 3.63) is 69.5 Å². The number of nitro groups is 1. The van der Waals surface area contributed by atoms with E-state index in [0.717, 1.165) is 5.56 Å². The Labute approximate surface area is 191 Å². The van der Waals surface area contributed by atoms with Gasteiger partial charge in [-0.2, -0.15) is 0 Å². The minimum atomic E-state index is -2.32. The predicted molar refractivity (Wildman–Crippen MR) is 129 cm³/mol. The van der Waals surface area contributed by atoms with Crippen molar-refractivity contribution in [3.8, 4) is 0 Å². The van der Waals surface area contributed by atoms with Crippen molar-refractivity contribution in [1.82, 2.24) is 0 Å². The Morgan fingerprint density at radius 1 is 1.22 bits per heavy atom. The molecule has 6 nitrogen and oxygen atoms in total. The molecule has 0 amide bonds. The number of benzene rings is 2. The van der Waals surface area contributed by atoms with Crippen LogP contribution < -0.4 is 4.90 Å². The monoisotopic (exact) mass is 462 g/mol. The highest BCUT2D eigenvalue weighted by Crippen LogP contribution is 2.44. The summed E-state index contributed by atoms with van der Waals surface area (Å²) >= 11 is 0. The highest BCUT2D eigenvalue weighted by atomic mass is 28.4. The van der Waals surface area contributed by atoms with Gasteiger partial charge in [-0.25, -0.2) is 4.39 Å². The van der Waals surface area contributed by atoms with Crippen molar-refractivity contribution in [2.24, 2.45) is 0 Å². The molecule has 0 aliphatic carbocycles. The maximum atomic E-state index is 14.8. The number of aliphatic hydroxyl groups is 1. The van der Waals surface area contributed by atoms with Gasteiger partial charge in [-0.3, -0.25) is 10.1 Å². The van der Waals surface area contributed by atoms with Gasteiger partial charge < -0.3 is 14.4 Å². The lowest BCUT2D eigenvalue weighted by Gasteiger charge is -2.39. The van der Waals surface area contributed by atoms with E-state index in [0.29, 0.717) is 19.4 Å². The lowest BCUT2D eigenvalue weighted by Crippen LogP contribution is -2.42. The fraction of sp³-hybridized carbons (Fsp3) is 0.500. The van der Waals surface area contributed by atoms with Crippen LogP contribution in [0.3, 0.4) is 0 Å². The Morgan fingerprint density at radius 2 is 1.84 bits per heavy atom. The first-order valence-corrected chi connectivity index (χ1v) is 13.8. The van der Waals surface area contributed by atoms with Gasteiger partial charge in [-0.05, 0) is 42.6 Å². The first kappa shape index (κ1) is 26.0. The third kappa shape index (κ3) is 6.37. The zero-order valence-electron chi connectivity index (χ0n) is 19.9. The van der Waals surface area contributed by atoms with Crippen molar-refractivity contribution >= 4 is 19.7 Å². The Balaban J connectivity index is 2.57. The van der Waals surface area contributed by atoms with Gasteiger partial charge in [0.1, 0.15) is 11.5 Å². The van der Waals surface area contributed by atoms with Gasteiger partial charge in [0.05, 0.1) is 16.6 Å². The van der Waals surface area contributed by atoms with Crippen LogP contribution >= 0.6 is 0 Å². The molecule has 176 valence electrons. The Hall–Kier alpha value is -2.29. The van der Waals surface area contributed by atoms with Gasteiger partial charge in [0.2, 0.25) is 0 Å². The van der Waals surface area contributed by atoms with Gasteiger partial charge in [-0.15, -0.1) is 0 Å². The van der Waals surface area contributed by atoms with E-state index in [1.807, 2.05) is 30.3 Å². The van der Waals surface area contributed by atoms with Crippen molar-refractivity contribution < 1.29 is 18.8 Å². The van der Waals surface area contributed by atoms with Gasteiger partial charge in [-0.1, -0.05) is 51.1 Å². The number of anilines is 1. The molecule has 2 aromatic rings. The van der Waals surface area contributed by atoms with Crippen LogP contribution in [0.2, 0.25) is 18.1 Å². The molecule has 1 N–H and O–H groups in total. The standard InChI is InChI=1S/C24H35FN2O4Si/c1-24(2,3)32(5,6)31-22(13-10-14-28)20-15-19(25)16-21(23(20)27(29)30)26(4)17-18-11-8-7-9-12-18/h7-9,11-12,15-16,22,28H,10,13-14,17H2,1-6H3. The van der Waals surface area contributed by atoms with Crippen LogP contribution in [0.25, 0.3) is 0 Å². The summed E-state index contributed by atoms with van der Waals surface area (Å²) in [5.41, 5.74) is 1.25. The molecule has 32 heavy (non-hydrogen) atoms. The zero-order valence-corrected chi connectivity index (χ0v) is 20.9. The highest BCUT2D eigenvalue weighted by Gasteiger charge is 2.41. The number of nitrogens with zero attached hydrogens (tertiary/aromatic N) is 2. The second-order valence-corrected chi connectivity index (χ2v) is 14.5. The third-order valence-corrected chi connectivity index (χ3v) is 10.6. The minimum Gasteiger partial charge on any atom is -0.410 e. The van der Waals surface area contributed by atoms with Crippen molar-refractivity contribution in [3.63, 3.8) is 0 Å². The Bertz CT molecular complexity index is 916. The van der Waals surface area contributed by atoms with E-state index in [2.05, 4.69) is 33.9 Å². The second-order valence-electron chi connectivity index (χ2n) is 9.69. The van der Waals surface area contributed by atoms with Crippen molar-refractivity contribution in [1.29, 1.82) is 0 Å². The predicted octanol–water partition coefficient (Wildman–Crippen LogP) is 6.21. The smallest absolute Gasteiger partial charge is 0.298 e. The van der Waals surface area contributed by atoms with Gasteiger partial charge in [0, 0.05) is 26.3 Å². The molecule has 1 atom stereocenters. The molecule has 1 unspecified atom stereocenters. The summed E-state index contributed by atoms with van der Waals surface area (Å²) in [7, 11) is -0.603. The van der Waals surface area contributed by atoms with Crippen LogP contribution in [0.1, 0.15) is 50.8 Å².